The first-order valence-corrected chi connectivity index (χ1v) is 8.03. The van der Waals surface area contributed by atoms with Crippen molar-refractivity contribution in [1.82, 2.24) is 19.5 Å². The Bertz CT molecular complexity index is 871. The molecular formula is C14H13FN4O4S. The lowest BCUT2D eigenvalue weighted by atomic mass is 10.1. The van der Waals surface area contributed by atoms with Crippen LogP contribution in [-0.4, -0.2) is 59.8 Å². The molecule has 4 heterocycles. The first kappa shape index (κ1) is 15.5. The van der Waals surface area contributed by atoms with Crippen molar-refractivity contribution in [2.75, 3.05) is 6.61 Å². The van der Waals surface area contributed by atoms with Crippen molar-refractivity contribution in [2.45, 2.75) is 24.5 Å². The van der Waals surface area contributed by atoms with Crippen LogP contribution in [0.2, 0.25) is 0 Å². The number of hydrogen-bond donors (Lipinski definition) is 3. The summed E-state index contributed by atoms with van der Waals surface area (Å²) in [5.41, 5.74) is 0.556. The third kappa shape index (κ3) is 2.23. The molecule has 1 unspecified atom stereocenters. The van der Waals surface area contributed by atoms with Gasteiger partial charge in [0.05, 0.1) is 12.0 Å². The lowest BCUT2D eigenvalue weighted by Crippen LogP contribution is -2.33. The van der Waals surface area contributed by atoms with Crippen LogP contribution >= 0.6 is 11.3 Å². The predicted molar refractivity (Wildman–Crippen MR) is 81.6 cm³/mol. The molecule has 3 aromatic heterocycles. The molecule has 10 heteroatoms. The molecule has 126 valence electrons. The van der Waals surface area contributed by atoms with Crippen LogP contribution in [0.3, 0.4) is 0 Å². The molecule has 8 nitrogen and oxygen atoms in total. The molecule has 1 saturated heterocycles. The SMILES string of the molecule is OC[C@H]1O[C@@H](n2cc(F)c3c(-c4nccs4)ncnc32)C(O)[C@@H]1O. The maximum Gasteiger partial charge on any atom is 0.164 e. The molecule has 0 radical (unpaired) electrons. The van der Waals surface area contributed by atoms with Crippen molar-refractivity contribution in [1.29, 1.82) is 0 Å². The molecule has 1 aliphatic heterocycles. The minimum absolute atomic E-state index is 0.158. The van der Waals surface area contributed by atoms with Gasteiger partial charge in [0.2, 0.25) is 0 Å². The van der Waals surface area contributed by atoms with E-state index in [0.29, 0.717) is 10.7 Å². The third-order valence-electron chi connectivity index (χ3n) is 3.99. The van der Waals surface area contributed by atoms with Gasteiger partial charge in [-0.15, -0.1) is 11.3 Å². The minimum atomic E-state index is -1.32. The molecule has 0 amide bonds. The van der Waals surface area contributed by atoms with Gasteiger partial charge in [0, 0.05) is 17.8 Å². The molecule has 1 aliphatic rings. The molecule has 0 aromatic carbocycles. The first-order chi connectivity index (χ1) is 11.6. The second-order valence-corrected chi connectivity index (χ2v) is 6.27. The Labute approximate surface area is 138 Å². The van der Waals surface area contributed by atoms with E-state index in [9.17, 15) is 19.7 Å². The van der Waals surface area contributed by atoms with Crippen molar-refractivity contribution >= 4 is 22.4 Å². The monoisotopic (exact) mass is 352 g/mol. The van der Waals surface area contributed by atoms with Crippen LogP contribution < -0.4 is 0 Å². The first-order valence-electron chi connectivity index (χ1n) is 7.15. The van der Waals surface area contributed by atoms with Crippen molar-refractivity contribution in [3.05, 3.63) is 29.9 Å². The van der Waals surface area contributed by atoms with Gasteiger partial charge in [-0.1, -0.05) is 0 Å². The Balaban J connectivity index is 1.86. The Morgan fingerprint density at radius 1 is 1.25 bits per heavy atom. The van der Waals surface area contributed by atoms with Gasteiger partial charge < -0.3 is 24.6 Å². The van der Waals surface area contributed by atoms with E-state index in [0.717, 1.165) is 6.20 Å². The highest BCUT2D eigenvalue weighted by Crippen LogP contribution is 2.35. The number of nitrogens with zero attached hydrogens (tertiary/aromatic N) is 4. The Morgan fingerprint density at radius 2 is 2.08 bits per heavy atom. The molecule has 24 heavy (non-hydrogen) atoms. The number of hydrogen-bond acceptors (Lipinski definition) is 8. The molecular weight excluding hydrogens is 339 g/mol. The molecule has 0 spiro atoms. The second-order valence-electron chi connectivity index (χ2n) is 5.37. The van der Waals surface area contributed by atoms with Crippen molar-refractivity contribution < 1.29 is 24.4 Å². The van der Waals surface area contributed by atoms with E-state index >= 15 is 0 Å². The summed E-state index contributed by atoms with van der Waals surface area (Å²) in [6, 6.07) is 0. The van der Waals surface area contributed by atoms with Crippen molar-refractivity contribution in [3.63, 3.8) is 0 Å². The Kier molecular flexibility index (Phi) is 3.77. The van der Waals surface area contributed by atoms with Crippen LogP contribution in [0.1, 0.15) is 6.23 Å². The van der Waals surface area contributed by atoms with E-state index < -0.39 is 37.0 Å². The maximum atomic E-state index is 14.5. The topological polar surface area (TPSA) is 114 Å². The van der Waals surface area contributed by atoms with E-state index in [-0.39, 0.29) is 11.0 Å². The summed E-state index contributed by atoms with van der Waals surface area (Å²) in [5, 5.41) is 31.7. The number of fused-ring (bicyclic) bond motifs is 1. The lowest BCUT2D eigenvalue weighted by molar-refractivity contribution is -0.0510. The molecule has 1 fully saturated rings. The largest absolute Gasteiger partial charge is 0.394 e. The van der Waals surface area contributed by atoms with Gasteiger partial charge in [0.1, 0.15) is 41.0 Å². The van der Waals surface area contributed by atoms with Crippen molar-refractivity contribution in [2.24, 2.45) is 0 Å². The smallest absolute Gasteiger partial charge is 0.164 e. The van der Waals surface area contributed by atoms with Gasteiger partial charge in [-0.3, -0.25) is 0 Å². The fourth-order valence-corrected chi connectivity index (χ4v) is 3.48. The molecule has 0 bridgehead atoms. The summed E-state index contributed by atoms with van der Waals surface area (Å²) in [5.74, 6) is -0.589. The number of thiazole rings is 1. The van der Waals surface area contributed by atoms with Crippen LogP contribution in [-0.2, 0) is 4.74 Å². The lowest BCUT2D eigenvalue weighted by Gasteiger charge is -2.17. The fraction of sp³-hybridized carbons (Fsp3) is 0.357. The zero-order valence-corrected chi connectivity index (χ0v) is 13.0. The number of aliphatic hydroxyl groups excluding tert-OH is 3. The van der Waals surface area contributed by atoms with Gasteiger partial charge in [-0.25, -0.2) is 19.3 Å². The number of aliphatic hydroxyl groups is 3. The third-order valence-corrected chi connectivity index (χ3v) is 4.77. The molecule has 0 saturated carbocycles. The molecule has 3 N–H and O–H groups in total. The van der Waals surface area contributed by atoms with Crippen LogP contribution in [0.4, 0.5) is 4.39 Å². The second kappa shape index (κ2) is 5.83. The summed E-state index contributed by atoms with van der Waals surface area (Å²) < 4.78 is 21.3. The number of aromatic nitrogens is 4. The van der Waals surface area contributed by atoms with Gasteiger partial charge >= 0.3 is 0 Å². The zero-order valence-electron chi connectivity index (χ0n) is 12.2. The summed E-state index contributed by atoms with van der Waals surface area (Å²) >= 11 is 1.32. The summed E-state index contributed by atoms with van der Waals surface area (Å²) in [6.07, 6.45) is -0.618. The normalized spacial score (nSPS) is 27.2. The maximum absolute atomic E-state index is 14.5. The summed E-state index contributed by atoms with van der Waals surface area (Å²) in [4.78, 5) is 12.3. The highest BCUT2D eigenvalue weighted by Gasteiger charge is 2.44. The van der Waals surface area contributed by atoms with E-state index in [4.69, 9.17) is 4.74 Å². The van der Waals surface area contributed by atoms with Crippen LogP contribution in [0, 0.1) is 5.82 Å². The Hall–Kier alpha value is -1.98. The fourth-order valence-electron chi connectivity index (χ4n) is 2.85. The Morgan fingerprint density at radius 3 is 2.75 bits per heavy atom. The van der Waals surface area contributed by atoms with Gasteiger partial charge in [0.25, 0.3) is 0 Å². The predicted octanol–water partition coefficient (Wildman–Crippen LogP) is 0.305. The highest BCUT2D eigenvalue weighted by atomic mass is 32.1. The molecule has 4 atom stereocenters. The summed E-state index contributed by atoms with van der Waals surface area (Å²) in [6.45, 7) is -0.463. The van der Waals surface area contributed by atoms with Crippen molar-refractivity contribution in [3.8, 4) is 10.7 Å². The quantitative estimate of drug-likeness (QED) is 0.621. The summed E-state index contributed by atoms with van der Waals surface area (Å²) in [7, 11) is 0. The van der Waals surface area contributed by atoms with E-state index in [2.05, 4.69) is 15.0 Å². The van der Waals surface area contributed by atoms with Crippen LogP contribution in [0.15, 0.2) is 24.1 Å². The van der Waals surface area contributed by atoms with Crippen LogP contribution in [0.5, 0.6) is 0 Å². The standard InChI is InChI=1S/C14H13FN4O4S/c15-6-3-19(14-11(22)10(21)7(4-20)23-14)12-8(6)9(17-5-18-12)13-16-1-2-24-13/h1-3,5,7,10-11,14,20-22H,4H2/t7-,10-,11?,14-/m1/s1. The van der Waals surface area contributed by atoms with Crippen LogP contribution in [0.25, 0.3) is 21.7 Å². The average Bonchev–Trinajstić information content (AvgIpc) is 3.29. The number of halogens is 1. The molecule has 0 aliphatic carbocycles. The number of rotatable bonds is 3. The van der Waals surface area contributed by atoms with E-state index in [1.807, 2.05) is 0 Å². The minimum Gasteiger partial charge on any atom is -0.394 e. The average molecular weight is 352 g/mol. The number of ether oxygens (including phenoxy) is 1. The van der Waals surface area contributed by atoms with Gasteiger partial charge in [-0.05, 0) is 0 Å². The molecule has 3 aromatic rings. The van der Waals surface area contributed by atoms with E-state index in [1.54, 1.807) is 11.6 Å². The molecule has 4 rings (SSSR count). The van der Waals surface area contributed by atoms with Gasteiger partial charge in [0.15, 0.2) is 12.0 Å². The zero-order chi connectivity index (χ0) is 16.8. The van der Waals surface area contributed by atoms with Gasteiger partial charge in [-0.2, -0.15) is 0 Å². The van der Waals surface area contributed by atoms with E-state index in [1.165, 1.54) is 22.2 Å². The highest BCUT2D eigenvalue weighted by molar-refractivity contribution is 7.13.